The number of pyridine rings is 1. The molecule has 2 heterocycles. The molecule has 3 rings (SSSR count). The van der Waals surface area contributed by atoms with Gasteiger partial charge in [-0.3, -0.25) is 9.78 Å². The van der Waals surface area contributed by atoms with Crippen LogP contribution in [0.2, 0.25) is 0 Å². The Morgan fingerprint density at radius 2 is 2.03 bits per heavy atom. The van der Waals surface area contributed by atoms with Crippen LogP contribution in [-0.4, -0.2) is 35.0 Å². The molecular formula is C22H28N6O. The van der Waals surface area contributed by atoms with Crippen LogP contribution in [0.1, 0.15) is 38.7 Å². The normalized spacial score (nSPS) is 15.9. The molecule has 1 unspecified atom stereocenters. The summed E-state index contributed by atoms with van der Waals surface area (Å²) >= 11 is 0. The summed E-state index contributed by atoms with van der Waals surface area (Å²) in [5, 5.41) is 10.9. The van der Waals surface area contributed by atoms with Gasteiger partial charge in [-0.1, -0.05) is 37.3 Å². The summed E-state index contributed by atoms with van der Waals surface area (Å²) < 4.78 is 0. The predicted molar refractivity (Wildman–Crippen MR) is 116 cm³/mol. The summed E-state index contributed by atoms with van der Waals surface area (Å²) in [7, 11) is 0. The van der Waals surface area contributed by atoms with E-state index in [1.165, 1.54) is 0 Å². The minimum absolute atomic E-state index is 0.0503. The topological polar surface area (TPSA) is 96.0 Å². The first-order valence-electron chi connectivity index (χ1n) is 10.1. The quantitative estimate of drug-likeness (QED) is 0.418. The van der Waals surface area contributed by atoms with Gasteiger partial charge in [0.25, 0.3) is 0 Å². The molecule has 0 spiro atoms. The van der Waals surface area contributed by atoms with Crippen molar-refractivity contribution < 1.29 is 4.79 Å². The highest BCUT2D eigenvalue weighted by Crippen LogP contribution is 2.31. The van der Waals surface area contributed by atoms with Crippen LogP contribution in [0.5, 0.6) is 0 Å². The van der Waals surface area contributed by atoms with Crippen molar-refractivity contribution in [3.05, 3.63) is 53.7 Å². The first-order valence-corrected chi connectivity index (χ1v) is 10.1. The lowest BCUT2D eigenvalue weighted by molar-refractivity contribution is -0.127. The van der Waals surface area contributed by atoms with Gasteiger partial charge in [0, 0.05) is 42.5 Å². The number of nitrogens with zero attached hydrogens (tertiary/aromatic N) is 4. The highest BCUT2D eigenvalue weighted by Gasteiger charge is 2.24. The molecule has 1 aliphatic heterocycles. The Balaban J connectivity index is 1.99. The Bertz CT molecular complexity index is 887. The molecule has 1 amide bonds. The van der Waals surface area contributed by atoms with Gasteiger partial charge in [0.1, 0.15) is 6.17 Å². The number of hydrogen-bond donors (Lipinski definition) is 2. The van der Waals surface area contributed by atoms with Crippen molar-refractivity contribution in [1.29, 1.82) is 0 Å². The zero-order chi connectivity index (χ0) is 20.6. The molecule has 3 N–H and O–H groups in total. The summed E-state index contributed by atoms with van der Waals surface area (Å²) in [6.07, 6.45) is 5.60. The van der Waals surface area contributed by atoms with Crippen LogP contribution in [0.4, 0.5) is 5.69 Å². The van der Waals surface area contributed by atoms with Crippen molar-refractivity contribution in [3.8, 4) is 11.3 Å². The Kier molecular flexibility index (Phi) is 6.94. The molecular weight excluding hydrogens is 364 g/mol. The average Bonchev–Trinajstić information content (AvgIpc) is 2.92. The maximum absolute atomic E-state index is 13.2. The lowest BCUT2D eigenvalue weighted by Gasteiger charge is -2.23. The minimum Gasteiger partial charge on any atom is -0.361 e. The standard InChI is InChI=1S/C22H28N6O/c1-3-11-28(12-4-2)22(29)18-13-16-8-9-17(19-7-5-6-10-24-19)14-20(16)25-21(15-18)26-27-23/h5-10,13-14,21,25H,3-4,11-12,15H2,1-2H3,(H2,23,26). The van der Waals surface area contributed by atoms with E-state index < -0.39 is 6.17 Å². The van der Waals surface area contributed by atoms with Crippen molar-refractivity contribution in [1.82, 2.24) is 9.88 Å². The van der Waals surface area contributed by atoms with E-state index in [0.29, 0.717) is 12.0 Å². The zero-order valence-corrected chi connectivity index (χ0v) is 17.0. The van der Waals surface area contributed by atoms with Crippen LogP contribution in [0.25, 0.3) is 17.3 Å². The van der Waals surface area contributed by atoms with E-state index in [2.05, 4.69) is 34.5 Å². The molecule has 0 radical (unpaired) electrons. The number of anilines is 1. The molecule has 1 aromatic carbocycles. The molecule has 7 heteroatoms. The molecule has 0 fully saturated rings. The molecule has 7 nitrogen and oxygen atoms in total. The van der Waals surface area contributed by atoms with Crippen LogP contribution >= 0.6 is 0 Å². The number of carbonyl (C=O) groups is 1. The third kappa shape index (κ3) is 4.99. The average molecular weight is 393 g/mol. The predicted octanol–water partition coefficient (Wildman–Crippen LogP) is 4.25. The maximum Gasteiger partial charge on any atom is 0.249 e. The second kappa shape index (κ2) is 9.82. The fourth-order valence-corrected chi connectivity index (χ4v) is 3.54. The third-order valence-electron chi connectivity index (χ3n) is 4.83. The number of carbonyl (C=O) groups excluding carboxylic acids is 1. The number of nitrogens with two attached hydrogens (primary N) is 1. The molecule has 29 heavy (non-hydrogen) atoms. The Hall–Kier alpha value is -3.22. The number of hydrogen-bond acceptors (Lipinski definition) is 5. The molecule has 2 aromatic rings. The molecule has 1 aromatic heterocycles. The van der Waals surface area contributed by atoms with E-state index in [1.807, 2.05) is 47.4 Å². The Morgan fingerprint density at radius 1 is 1.24 bits per heavy atom. The van der Waals surface area contributed by atoms with E-state index in [9.17, 15) is 4.79 Å². The highest BCUT2D eigenvalue weighted by atomic mass is 16.2. The molecule has 1 aliphatic rings. The van der Waals surface area contributed by atoms with E-state index in [0.717, 1.165) is 48.4 Å². The van der Waals surface area contributed by atoms with Crippen LogP contribution in [0, 0.1) is 0 Å². The highest BCUT2D eigenvalue weighted by molar-refractivity contribution is 5.99. The van der Waals surface area contributed by atoms with Crippen molar-refractivity contribution in [3.63, 3.8) is 0 Å². The van der Waals surface area contributed by atoms with Gasteiger partial charge in [-0.15, -0.1) is 5.11 Å². The van der Waals surface area contributed by atoms with Gasteiger partial charge < -0.3 is 16.1 Å². The molecule has 152 valence electrons. The van der Waals surface area contributed by atoms with Crippen molar-refractivity contribution in [2.75, 3.05) is 18.4 Å². The van der Waals surface area contributed by atoms with E-state index in [1.54, 1.807) is 6.20 Å². The molecule has 0 saturated carbocycles. The number of amides is 1. The zero-order valence-electron chi connectivity index (χ0n) is 17.0. The molecule has 1 atom stereocenters. The number of fused-ring (bicyclic) bond motifs is 1. The fourth-order valence-electron chi connectivity index (χ4n) is 3.54. The molecule has 0 bridgehead atoms. The van der Waals surface area contributed by atoms with E-state index in [-0.39, 0.29) is 5.91 Å². The van der Waals surface area contributed by atoms with Gasteiger partial charge in [0.2, 0.25) is 5.91 Å². The first kappa shape index (κ1) is 20.5. The van der Waals surface area contributed by atoms with Crippen LogP contribution in [0.15, 0.2) is 58.5 Å². The minimum atomic E-state index is -0.402. The van der Waals surface area contributed by atoms with E-state index in [4.69, 9.17) is 5.84 Å². The monoisotopic (exact) mass is 392 g/mol. The van der Waals surface area contributed by atoms with Crippen molar-refractivity contribution >= 4 is 17.7 Å². The number of benzene rings is 1. The van der Waals surface area contributed by atoms with Gasteiger partial charge in [-0.25, -0.2) is 0 Å². The van der Waals surface area contributed by atoms with Crippen molar-refractivity contribution in [2.45, 2.75) is 39.3 Å². The largest absolute Gasteiger partial charge is 0.361 e. The number of rotatable bonds is 7. The summed E-state index contributed by atoms with van der Waals surface area (Å²) in [6, 6.07) is 11.9. The molecule has 0 saturated heterocycles. The maximum atomic E-state index is 13.2. The summed E-state index contributed by atoms with van der Waals surface area (Å²) in [6.45, 7) is 5.65. The SMILES string of the molecule is CCCN(CCC)C(=O)C1=Cc2ccc(-c3ccccn3)cc2NC(N=NN)C1. The van der Waals surface area contributed by atoms with Crippen LogP contribution in [-0.2, 0) is 4.79 Å². The second-order valence-electron chi connectivity index (χ2n) is 7.07. The Labute approximate surface area is 171 Å². The lowest BCUT2D eigenvalue weighted by atomic mass is 10.0. The summed E-state index contributed by atoms with van der Waals surface area (Å²) in [5.41, 5.74) is 4.40. The van der Waals surface area contributed by atoms with Crippen LogP contribution in [0.3, 0.4) is 0 Å². The fraction of sp³-hybridized carbons (Fsp3) is 0.364. The van der Waals surface area contributed by atoms with E-state index >= 15 is 0 Å². The number of nitrogens with one attached hydrogen (secondary N) is 1. The van der Waals surface area contributed by atoms with Crippen LogP contribution < -0.4 is 11.2 Å². The van der Waals surface area contributed by atoms with Crippen molar-refractivity contribution in [2.24, 2.45) is 16.2 Å². The Morgan fingerprint density at radius 3 is 2.69 bits per heavy atom. The summed E-state index contributed by atoms with van der Waals surface area (Å²) in [5.74, 6) is 5.37. The number of aromatic nitrogens is 1. The second-order valence-corrected chi connectivity index (χ2v) is 7.07. The summed E-state index contributed by atoms with van der Waals surface area (Å²) in [4.78, 5) is 19.5. The van der Waals surface area contributed by atoms with Gasteiger partial charge in [-0.2, -0.15) is 0 Å². The first-order chi connectivity index (χ1) is 14.2. The van der Waals surface area contributed by atoms with Gasteiger partial charge in [0.15, 0.2) is 0 Å². The lowest BCUT2D eigenvalue weighted by Crippen LogP contribution is -2.34. The van der Waals surface area contributed by atoms with Gasteiger partial charge >= 0.3 is 0 Å². The smallest absolute Gasteiger partial charge is 0.249 e. The third-order valence-corrected chi connectivity index (χ3v) is 4.83. The van der Waals surface area contributed by atoms with Gasteiger partial charge in [-0.05, 0) is 42.7 Å². The molecule has 0 aliphatic carbocycles. The van der Waals surface area contributed by atoms with Gasteiger partial charge in [0.05, 0.1) is 5.69 Å².